The molecule has 1 N–H and O–H groups in total. The highest BCUT2D eigenvalue weighted by Gasteiger charge is 2.25. The van der Waals surface area contributed by atoms with Crippen molar-refractivity contribution in [3.05, 3.63) is 59.7 Å². The molecule has 0 aliphatic heterocycles. The monoisotopic (exact) mass is 284 g/mol. The molecule has 0 saturated carbocycles. The van der Waals surface area contributed by atoms with Crippen LogP contribution >= 0.6 is 0 Å². The largest absolute Gasteiger partial charge is 0.392 e. The first-order chi connectivity index (χ1) is 10.3. The molecule has 0 fully saturated rings. The SMILES string of the molecule is CC.CC.CC1c2ccccc2-c2ccccc2CC1O. The number of hydrogen-bond acceptors (Lipinski definition) is 1. The smallest absolute Gasteiger partial charge is 0.0646 e. The molecular formula is C20H28O. The van der Waals surface area contributed by atoms with E-state index in [1.165, 1.54) is 22.3 Å². The zero-order chi connectivity index (χ0) is 15.8. The molecule has 1 aliphatic carbocycles. The maximum atomic E-state index is 10.3. The highest BCUT2D eigenvalue weighted by atomic mass is 16.3. The molecule has 2 aromatic rings. The van der Waals surface area contributed by atoms with Crippen molar-refractivity contribution in [3.63, 3.8) is 0 Å². The third-order valence-electron chi connectivity index (χ3n) is 3.77. The summed E-state index contributed by atoms with van der Waals surface area (Å²) in [5, 5.41) is 10.3. The third kappa shape index (κ3) is 3.74. The van der Waals surface area contributed by atoms with Gasteiger partial charge in [-0.25, -0.2) is 0 Å². The van der Waals surface area contributed by atoms with Crippen LogP contribution in [0.4, 0.5) is 0 Å². The Balaban J connectivity index is 0.000000510. The first-order valence-corrected chi connectivity index (χ1v) is 8.12. The maximum Gasteiger partial charge on any atom is 0.0646 e. The van der Waals surface area contributed by atoms with Crippen molar-refractivity contribution in [2.24, 2.45) is 0 Å². The first kappa shape index (κ1) is 17.5. The predicted molar refractivity (Wildman–Crippen MR) is 92.7 cm³/mol. The zero-order valence-corrected chi connectivity index (χ0v) is 13.9. The molecule has 2 atom stereocenters. The van der Waals surface area contributed by atoms with Crippen molar-refractivity contribution in [1.82, 2.24) is 0 Å². The Hall–Kier alpha value is -1.60. The van der Waals surface area contributed by atoms with Crippen molar-refractivity contribution < 1.29 is 5.11 Å². The van der Waals surface area contributed by atoms with E-state index in [4.69, 9.17) is 0 Å². The molecule has 1 heteroatoms. The van der Waals surface area contributed by atoms with Crippen molar-refractivity contribution in [2.75, 3.05) is 0 Å². The molecule has 0 spiro atoms. The van der Waals surface area contributed by atoms with E-state index in [0.29, 0.717) is 0 Å². The van der Waals surface area contributed by atoms with Crippen molar-refractivity contribution in [3.8, 4) is 11.1 Å². The second-order valence-electron chi connectivity index (χ2n) is 4.80. The van der Waals surface area contributed by atoms with Gasteiger partial charge < -0.3 is 5.11 Å². The van der Waals surface area contributed by atoms with Crippen LogP contribution in [-0.2, 0) is 6.42 Å². The maximum absolute atomic E-state index is 10.3. The molecule has 0 heterocycles. The van der Waals surface area contributed by atoms with Crippen LogP contribution in [-0.4, -0.2) is 11.2 Å². The lowest BCUT2D eigenvalue weighted by atomic mass is 9.91. The third-order valence-corrected chi connectivity index (χ3v) is 3.77. The Morgan fingerprint density at radius 2 is 1.33 bits per heavy atom. The highest BCUT2D eigenvalue weighted by molar-refractivity contribution is 5.72. The Morgan fingerprint density at radius 1 is 0.810 bits per heavy atom. The van der Waals surface area contributed by atoms with Crippen molar-refractivity contribution in [1.29, 1.82) is 0 Å². The van der Waals surface area contributed by atoms with Gasteiger partial charge in [0.1, 0.15) is 0 Å². The fraction of sp³-hybridized carbons (Fsp3) is 0.400. The van der Waals surface area contributed by atoms with Gasteiger partial charge in [0.2, 0.25) is 0 Å². The Morgan fingerprint density at radius 3 is 2.00 bits per heavy atom. The molecule has 0 aromatic heterocycles. The molecule has 0 saturated heterocycles. The average Bonchev–Trinajstić information content (AvgIpc) is 2.68. The van der Waals surface area contributed by atoms with Crippen LogP contribution in [0.1, 0.15) is 51.7 Å². The summed E-state index contributed by atoms with van der Waals surface area (Å²) in [6.45, 7) is 10.1. The summed E-state index contributed by atoms with van der Waals surface area (Å²) in [5.41, 5.74) is 5.04. The number of fused-ring (bicyclic) bond motifs is 3. The molecule has 0 amide bonds. The second-order valence-corrected chi connectivity index (χ2v) is 4.80. The van der Waals surface area contributed by atoms with Gasteiger partial charge in [-0.05, 0) is 28.7 Å². The summed E-state index contributed by atoms with van der Waals surface area (Å²) < 4.78 is 0. The van der Waals surface area contributed by atoms with E-state index in [1.54, 1.807) is 0 Å². The molecule has 2 unspecified atom stereocenters. The normalized spacial score (nSPS) is 18.8. The first-order valence-electron chi connectivity index (χ1n) is 8.12. The van der Waals surface area contributed by atoms with E-state index < -0.39 is 0 Å². The Bertz CT molecular complexity index is 545. The van der Waals surface area contributed by atoms with Gasteiger partial charge >= 0.3 is 0 Å². The van der Waals surface area contributed by atoms with E-state index in [0.717, 1.165) is 6.42 Å². The second kappa shape index (κ2) is 8.63. The Labute approximate surface area is 129 Å². The van der Waals surface area contributed by atoms with Crippen LogP contribution in [0.3, 0.4) is 0 Å². The fourth-order valence-corrected chi connectivity index (χ4v) is 2.71. The summed E-state index contributed by atoms with van der Waals surface area (Å²) in [4.78, 5) is 0. The van der Waals surface area contributed by atoms with Gasteiger partial charge in [0.05, 0.1) is 6.10 Å². The number of rotatable bonds is 0. The molecule has 1 nitrogen and oxygen atoms in total. The minimum Gasteiger partial charge on any atom is -0.392 e. The quantitative estimate of drug-likeness (QED) is 0.684. The summed E-state index contributed by atoms with van der Waals surface area (Å²) in [6, 6.07) is 16.8. The minimum atomic E-state index is -0.292. The number of hydrogen-bond donors (Lipinski definition) is 1. The summed E-state index contributed by atoms with van der Waals surface area (Å²) in [5.74, 6) is 0.193. The molecule has 21 heavy (non-hydrogen) atoms. The van der Waals surface area contributed by atoms with Gasteiger partial charge in [-0.3, -0.25) is 0 Å². The lowest BCUT2D eigenvalue weighted by molar-refractivity contribution is 0.151. The zero-order valence-electron chi connectivity index (χ0n) is 13.9. The Kier molecular flexibility index (Phi) is 7.18. The van der Waals surface area contributed by atoms with Gasteiger partial charge in [-0.1, -0.05) is 83.1 Å². The van der Waals surface area contributed by atoms with Gasteiger partial charge in [0.25, 0.3) is 0 Å². The fourth-order valence-electron chi connectivity index (χ4n) is 2.71. The summed E-state index contributed by atoms with van der Waals surface area (Å²) in [6.07, 6.45) is 0.450. The van der Waals surface area contributed by atoms with Gasteiger partial charge in [0, 0.05) is 5.92 Å². The summed E-state index contributed by atoms with van der Waals surface area (Å²) in [7, 11) is 0. The molecule has 0 bridgehead atoms. The van der Waals surface area contributed by atoms with Gasteiger partial charge in [-0.2, -0.15) is 0 Å². The van der Waals surface area contributed by atoms with Crippen LogP contribution < -0.4 is 0 Å². The van der Waals surface area contributed by atoms with Crippen LogP contribution in [0.5, 0.6) is 0 Å². The lowest BCUT2D eigenvalue weighted by Gasteiger charge is -2.17. The van der Waals surface area contributed by atoms with E-state index in [2.05, 4.69) is 49.4 Å². The number of aliphatic hydroxyl groups excluding tert-OH is 1. The minimum absolute atomic E-state index is 0.193. The molecule has 114 valence electrons. The molecule has 1 aliphatic rings. The van der Waals surface area contributed by atoms with E-state index >= 15 is 0 Å². The predicted octanol–water partition coefficient (Wildman–Crippen LogP) is 5.43. The summed E-state index contributed by atoms with van der Waals surface area (Å²) >= 11 is 0. The standard InChI is InChI=1S/C16H16O.2C2H6/c1-11-13-7-4-5-9-15(13)14-8-3-2-6-12(14)10-16(11)17;2*1-2/h2-9,11,16-17H,10H2,1H3;2*1-2H3. The van der Waals surface area contributed by atoms with Gasteiger partial charge in [-0.15, -0.1) is 0 Å². The van der Waals surface area contributed by atoms with Crippen LogP contribution in [0.2, 0.25) is 0 Å². The topological polar surface area (TPSA) is 20.2 Å². The lowest BCUT2D eigenvalue weighted by Crippen LogP contribution is -2.17. The van der Waals surface area contributed by atoms with Crippen LogP contribution in [0, 0.1) is 0 Å². The van der Waals surface area contributed by atoms with Crippen molar-refractivity contribution in [2.45, 2.75) is 53.1 Å². The van der Waals surface area contributed by atoms with E-state index in [1.807, 2.05) is 33.8 Å². The molecule has 2 aromatic carbocycles. The number of benzene rings is 2. The van der Waals surface area contributed by atoms with E-state index in [9.17, 15) is 5.11 Å². The molecule has 0 radical (unpaired) electrons. The van der Waals surface area contributed by atoms with Crippen LogP contribution in [0.25, 0.3) is 11.1 Å². The highest BCUT2D eigenvalue weighted by Crippen LogP contribution is 2.37. The van der Waals surface area contributed by atoms with Crippen LogP contribution in [0.15, 0.2) is 48.5 Å². The van der Waals surface area contributed by atoms with Crippen molar-refractivity contribution >= 4 is 0 Å². The molecular weight excluding hydrogens is 256 g/mol. The number of aliphatic hydroxyl groups is 1. The van der Waals surface area contributed by atoms with E-state index in [-0.39, 0.29) is 12.0 Å². The average molecular weight is 284 g/mol. The molecule has 3 rings (SSSR count). The van der Waals surface area contributed by atoms with Gasteiger partial charge in [0.15, 0.2) is 0 Å².